The van der Waals surface area contributed by atoms with Crippen LogP contribution in [-0.2, 0) is 13.2 Å². The van der Waals surface area contributed by atoms with Crippen molar-refractivity contribution < 1.29 is 9.13 Å². The molecule has 21 heavy (non-hydrogen) atoms. The van der Waals surface area contributed by atoms with Crippen LogP contribution in [0.15, 0.2) is 23.6 Å². The molecular formula is C16H21FN2OS. The molecule has 0 saturated carbocycles. The molecule has 114 valence electrons. The van der Waals surface area contributed by atoms with E-state index in [1.165, 1.54) is 6.07 Å². The van der Waals surface area contributed by atoms with E-state index >= 15 is 0 Å². The summed E-state index contributed by atoms with van der Waals surface area (Å²) in [6.45, 7) is 9.01. The van der Waals surface area contributed by atoms with Gasteiger partial charge in [-0.15, -0.1) is 11.3 Å². The molecule has 0 fully saturated rings. The molecule has 1 aromatic carbocycles. The zero-order valence-electron chi connectivity index (χ0n) is 12.9. The summed E-state index contributed by atoms with van der Waals surface area (Å²) >= 11 is 1.56. The van der Waals surface area contributed by atoms with Crippen molar-refractivity contribution in [3.63, 3.8) is 0 Å². The van der Waals surface area contributed by atoms with Crippen LogP contribution in [0.3, 0.4) is 0 Å². The largest absolute Gasteiger partial charge is 0.484 e. The van der Waals surface area contributed by atoms with Crippen molar-refractivity contribution in [2.45, 2.75) is 46.4 Å². The van der Waals surface area contributed by atoms with Crippen molar-refractivity contribution in [1.29, 1.82) is 0 Å². The average molecular weight is 308 g/mol. The van der Waals surface area contributed by atoms with Gasteiger partial charge in [-0.2, -0.15) is 0 Å². The third kappa shape index (κ3) is 4.79. The van der Waals surface area contributed by atoms with Gasteiger partial charge in [0.1, 0.15) is 6.61 Å². The summed E-state index contributed by atoms with van der Waals surface area (Å²) in [4.78, 5) is 4.33. The molecule has 5 heteroatoms. The summed E-state index contributed by atoms with van der Waals surface area (Å²) in [5, 5.41) is 6.26. The van der Waals surface area contributed by atoms with Gasteiger partial charge in [-0.1, -0.05) is 12.1 Å². The number of para-hydroxylation sites is 1. The number of ether oxygens (including phenoxy) is 1. The molecule has 0 spiro atoms. The Kier molecular flexibility index (Phi) is 4.96. The van der Waals surface area contributed by atoms with Crippen LogP contribution in [0.2, 0.25) is 0 Å². The minimum atomic E-state index is -0.338. The van der Waals surface area contributed by atoms with Crippen LogP contribution in [0, 0.1) is 12.7 Å². The molecule has 0 amide bonds. The number of aromatic nitrogens is 1. The van der Waals surface area contributed by atoms with E-state index in [1.54, 1.807) is 17.4 Å². The second-order valence-electron chi connectivity index (χ2n) is 5.98. The van der Waals surface area contributed by atoms with E-state index in [4.69, 9.17) is 4.74 Å². The first-order chi connectivity index (χ1) is 9.85. The zero-order chi connectivity index (χ0) is 15.5. The first-order valence-corrected chi connectivity index (χ1v) is 7.79. The number of halogens is 1. The Balaban J connectivity index is 2.10. The molecule has 3 nitrogen and oxygen atoms in total. The number of nitrogens with zero attached hydrogens (tertiary/aromatic N) is 1. The van der Waals surface area contributed by atoms with Crippen LogP contribution in [0.25, 0.3) is 0 Å². The lowest BCUT2D eigenvalue weighted by atomic mass is 10.1. The standard InChI is InChI=1S/C16H21FN2OS/c1-11-19-13(10-21-11)9-20-15-12(6-5-7-14(15)17)8-18-16(2,3)4/h5-7,10,18H,8-9H2,1-4H3. The summed E-state index contributed by atoms with van der Waals surface area (Å²) in [5.41, 5.74) is 1.61. The third-order valence-electron chi connectivity index (χ3n) is 2.89. The van der Waals surface area contributed by atoms with Crippen LogP contribution in [-0.4, -0.2) is 10.5 Å². The maximum absolute atomic E-state index is 14.0. The topological polar surface area (TPSA) is 34.1 Å². The molecular weight excluding hydrogens is 287 g/mol. The van der Waals surface area contributed by atoms with Gasteiger partial charge in [0, 0.05) is 23.0 Å². The van der Waals surface area contributed by atoms with Crippen molar-refractivity contribution in [1.82, 2.24) is 10.3 Å². The van der Waals surface area contributed by atoms with E-state index in [2.05, 4.69) is 31.1 Å². The Morgan fingerprint density at radius 1 is 1.33 bits per heavy atom. The van der Waals surface area contributed by atoms with Gasteiger partial charge in [0.25, 0.3) is 0 Å². The van der Waals surface area contributed by atoms with Gasteiger partial charge >= 0.3 is 0 Å². The van der Waals surface area contributed by atoms with Crippen molar-refractivity contribution in [3.8, 4) is 5.75 Å². The Morgan fingerprint density at radius 2 is 2.10 bits per heavy atom. The van der Waals surface area contributed by atoms with Crippen LogP contribution in [0.1, 0.15) is 37.0 Å². The number of hydrogen-bond donors (Lipinski definition) is 1. The number of aryl methyl sites for hydroxylation is 1. The molecule has 0 atom stereocenters. The second kappa shape index (κ2) is 6.54. The normalized spacial score (nSPS) is 11.7. The molecule has 0 radical (unpaired) electrons. The Bertz CT molecular complexity index is 605. The quantitative estimate of drug-likeness (QED) is 0.904. The maximum atomic E-state index is 14.0. The first kappa shape index (κ1) is 15.9. The van der Waals surface area contributed by atoms with E-state index < -0.39 is 0 Å². The molecule has 0 bridgehead atoms. The van der Waals surface area contributed by atoms with E-state index in [0.717, 1.165) is 16.3 Å². The second-order valence-corrected chi connectivity index (χ2v) is 7.04. The number of rotatable bonds is 5. The third-order valence-corrected chi connectivity index (χ3v) is 3.71. The minimum absolute atomic E-state index is 0.0321. The van der Waals surface area contributed by atoms with Crippen molar-refractivity contribution in [2.75, 3.05) is 0 Å². The van der Waals surface area contributed by atoms with Crippen LogP contribution < -0.4 is 10.1 Å². The Morgan fingerprint density at radius 3 is 2.71 bits per heavy atom. The molecule has 2 rings (SSSR count). The molecule has 1 N–H and O–H groups in total. The van der Waals surface area contributed by atoms with E-state index in [0.29, 0.717) is 12.3 Å². The molecule has 0 aliphatic rings. The maximum Gasteiger partial charge on any atom is 0.165 e. The van der Waals surface area contributed by atoms with Gasteiger partial charge in [0.15, 0.2) is 11.6 Å². The monoisotopic (exact) mass is 308 g/mol. The zero-order valence-corrected chi connectivity index (χ0v) is 13.7. The smallest absolute Gasteiger partial charge is 0.165 e. The fourth-order valence-electron chi connectivity index (χ4n) is 1.84. The van der Waals surface area contributed by atoms with Gasteiger partial charge in [0.2, 0.25) is 0 Å². The van der Waals surface area contributed by atoms with Gasteiger partial charge in [-0.25, -0.2) is 9.37 Å². The average Bonchev–Trinajstić information content (AvgIpc) is 2.80. The van der Waals surface area contributed by atoms with Crippen molar-refractivity contribution >= 4 is 11.3 Å². The summed E-state index contributed by atoms with van der Waals surface area (Å²) in [6.07, 6.45) is 0. The molecule has 1 aromatic heterocycles. The van der Waals surface area contributed by atoms with Crippen molar-refractivity contribution in [2.24, 2.45) is 0 Å². The molecule has 0 aliphatic carbocycles. The molecule has 1 heterocycles. The lowest BCUT2D eigenvalue weighted by Crippen LogP contribution is -2.35. The predicted molar refractivity (Wildman–Crippen MR) is 84.2 cm³/mol. The molecule has 2 aromatic rings. The van der Waals surface area contributed by atoms with Crippen LogP contribution >= 0.6 is 11.3 Å². The highest BCUT2D eigenvalue weighted by atomic mass is 32.1. The highest BCUT2D eigenvalue weighted by Gasteiger charge is 2.14. The molecule has 0 saturated heterocycles. The molecule has 0 aliphatic heterocycles. The number of nitrogens with one attached hydrogen (secondary N) is 1. The number of benzene rings is 1. The minimum Gasteiger partial charge on any atom is -0.484 e. The fourth-order valence-corrected chi connectivity index (χ4v) is 2.43. The number of thiazole rings is 1. The first-order valence-electron chi connectivity index (χ1n) is 6.91. The SMILES string of the molecule is Cc1nc(COc2c(F)cccc2CNC(C)(C)C)cs1. The summed E-state index contributed by atoms with van der Waals surface area (Å²) in [5.74, 6) is -0.0323. The number of hydrogen-bond acceptors (Lipinski definition) is 4. The summed E-state index contributed by atoms with van der Waals surface area (Å²) in [7, 11) is 0. The Hall–Kier alpha value is -1.46. The molecule has 0 unspecified atom stereocenters. The Labute approximate surface area is 129 Å². The predicted octanol–water partition coefficient (Wildman–Crippen LogP) is 4.06. The van der Waals surface area contributed by atoms with Gasteiger partial charge in [-0.05, 0) is 33.8 Å². The highest BCUT2D eigenvalue weighted by Crippen LogP contribution is 2.24. The lowest BCUT2D eigenvalue weighted by molar-refractivity contribution is 0.280. The van der Waals surface area contributed by atoms with Gasteiger partial charge < -0.3 is 10.1 Å². The highest BCUT2D eigenvalue weighted by molar-refractivity contribution is 7.09. The van der Waals surface area contributed by atoms with Crippen LogP contribution in [0.4, 0.5) is 4.39 Å². The van der Waals surface area contributed by atoms with E-state index in [1.807, 2.05) is 18.4 Å². The summed E-state index contributed by atoms with van der Waals surface area (Å²) in [6, 6.07) is 5.00. The van der Waals surface area contributed by atoms with E-state index in [-0.39, 0.29) is 18.0 Å². The fraction of sp³-hybridized carbons (Fsp3) is 0.438. The lowest BCUT2D eigenvalue weighted by Gasteiger charge is -2.21. The summed E-state index contributed by atoms with van der Waals surface area (Å²) < 4.78 is 19.7. The van der Waals surface area contributed by atoms with Crippen molar-refractivity contribution in [3.05, 3.63) is 45.7 Å². The van der Waals surface area contributed by atoms with E-state index in [9.17, 15) is 4.39 Å². The van der Waals surface area contributed by atoms with Crippen LogP contribution in [0.5, 0.6) is 5.75 Å². The van der Waals surface area contributed by atoms with Gasteiger partial charge in [0.05, 0.1) is 10.7 Å². The van der Waals surface area contributed by atoms with Gasteiger partial charge in [-0.3, -0.25) is 0 Å².